The number of rotatable bonds is 12. The molecular weight excluding hydrogens is 565 g/mol. The second-order valence-corrected chi connectivity index (χ2v) is 58.0. The van der Waals surface area contributed by atoms with Crippen LogP contribution >= 0.6 is 0 Å². The Labute approximate surface area is 167 Å². The van der Waals surface area contributed by atoms with E-state index in [-0.39, 0.29) is 0 Å². The van der Waals surface area contributed by atoms with Crippen LogP contribution in [0, 0.1) is 0 Å². The van der Waals surface area contributed by atoms with Gasteiger partial charge in [-0.3, -0.25) is 0 Å². The molecule has 0 saturated heterocycles. The van der Waals surface area contributed by atoms with Gasteiger partial charge in [-0.25, -0.2) is 0 Å². The Kier molecular flexibility index (Phi) is 11.5. The summed E-state index contributed by atoms with van der Waals surface area (Å²) in [4.78, 5) is 0. The van der Waals surface area contributed by atoms with Gasteiger partial charge in [-0.05, 0) is 19.6 Å². The van der Waals surface area contributed by atoms with Gasteiger partial charge >= 0.3 is 86.8 Å². The Bertz CT molecular complexity index is 844. The van der Waals surface area contributed by atoms with Crippen molar-refractivity contribution in [1.29, 1.82) is 0 Å². The fourth-order valence-corrected chi connectivity index (χ4v) is 104. The highest BCUT2D eigenvalue weighted by Crippen LogP contribution is 2.01. The molecular formula is C3H10O12Si12. The standard InChI is InChI=1S/C3H10O12Si12/c1-27(2,3)15-17(5)19(7)21(9)23(11)25(13)26(14)24(12)22(10)20(8)18(6)16-4/h16H,1-3H3. The molecule has 0 saturated carbocycles. The molecule has 0 aliphatic carbocycles. The van der Waals surface area contributed by atoms with Crippen molar-refractivity contribution in [2.24, 2.45) is 0 Å². The summed E-state index contributed by atoms with van der Waals surface area (Å²) in [5.74, 6) is 0. The first-order valence-electron chi connectivity index (χ1n) is 6.72. The van der Waals surface area contributed by atoms with E-state index in [1.54, 1.807) is 19.6 Å². The molecule has 0 heterocycles. The number of hydrogen-bond acceptors (Lipinski definition) is 12. The molecule has 0 atom stereocenters. The topological polar surface area (TPSA) is 197 Å². The molecule has 0 aromatic carbocycles. The maximum Gasteiger partial charge on any atom is 0.532 e. The van der Waals surface area contributed by atoms with Crippen molar-refractivity contribution in [2.45, 2.75) is 19.6 Å². The lowest BCUT2D eigenvalue weighted by Crippen LogP contribution is -2.53. The van der Waals surface area contributed by atoms with Crippen LogP contribution in [0.15, 0.2) is 0 Å². The zero-order chi connectivity index (χ0) is 21.7. The van der Waals surface area contributed by atoms with Gasteiger partial charge in [0.05, 0.1) is 0 Å². The Morgan fingerprint density at radius 2 is 0.852 bits per heavy atom. The van der Waals surface area contributed by atoms with Crippen molar-refractivity contribution in [2.75, 3.05) is 0 Å². The van der Waals surface area contributed by atoms with Crippen LogP contribution in [0.4, 0.5) is 0 Å². The van der Waals surface area contributed by atoms with Gasteiger partial charge in [0.25, 0.3) is 0 Å². The third-order valence-electron chi connectivity index (χ3n) is 2.36. The van der Waals surface area contributed by atoms with E-state index in [2.05, 4.69) is 0 Å². The van der Waals surface area contributed by atoms with Crippen molar-refractivity contribution < 1.29 is 53.2 Å². The molecule has 0 rings (SSSR count). The zero-order valence-corrected chi connectivity index (χ0v) is 26.1. The summed E-state index contributed by atoms with van der Waals surface area (Å²) in [5.41, 5.74) is 0. The molecule has 0 aromatic heterocycles. The molecule has 0 aromatic rings. The lowest BCUT2D eigenvalue weighted by molar-refractivity contribution is 0.462. The van der Waals surface area contributed by atoms with Crippen LogP contribution in [0.1, 0.15) is 0 Å². The first-order valence-corrected chi connectivity index (χ1v) is 35.4. The molecule has 142 valence electrons. The molecule has 0 spiro atoms. The summed E-state index contributed by atoms with van der Waals surface area (Å²) in [7, 11) is -40.9. The highest BCUT2D eigenvalue weighted by atomic mass is 30.1. The van der Waals surface area contributed by atoms with Crippen LogP contribution in [0.25, 0.3) is 0 Å². The van der Waals surface area contributed by atoms with E-state index in [0.717, 1.165) is 0 Å². The highest BCUT2D eigenvalue weighted by Gasteiger charge is 2.52. The molecule has 12 nitrogen and oxygen atoms in total. The molecule has 0 fully saturated rings. The maximum absolute atomic E-state index is 12.0. The Morgan fingerprint density at radius 3 is 1.15 bits per heavy atom. The zero-order valence-electron chi connectivity index (χ0n) is 14.0. The van der Waals surface area contributed by atoms with Crippen LogP contribution < -0.4 is 0 Å². The summed E-state index contributed by atoms with van der Waals surface area (Å²) in [6.07, 6.45) is 0. The van der Waals surface area contributed by atoms with Crippen LogP contribution in [0.5, 0.6) is 0 Å². The van der Waals surface area contributed by atoms with E-state index in [9.17, 15) is 49.1 Å². The maximum atomic E-state index is 12.0. The third kappa shape index (κ3) is 8.22. The van der Waals surface area contributed by atoms with Crippen molar-refractivity contribution in [3.63, 3.8) is 0 Å². The smallest absolute Gasteiger partial charge is 0.532 e. The summed E-state index contributed by atoms with van der Waals surface area (Å²) < 4.78 is 134. The second kappa shape index (κ2) is 11.4. The lowest BCUT2D eigenvalue weighted by Gasteiger charge is -2.16. The van der Waals surface area contributed by atoms with Gasteiger partial charge in [0, 0.05) is 0 Å². The van der Waals surface area contributed by atoms with Crippen molar-refractivity contribution in [1.82, 2.24) is 0 Å². The largest absolute Gasteiger partial charge is 0.578 e. The van der Waals surface area contributed by atoms with Gasteiger partial charge in [0.2, 0.25) is 8.32 Å². The molecule has 0 bridgehead atoms. The van der Waals surface area contributed by atoms with Gasteiger partial charge in [0.15, 0.2) is 0 Å². The predicted molar refractivity (Wildman–Crippen MR) is 96.7 cm³/mol. The first kappa shape index (κ1) is 27.2. The fourth-order valence-electron chi connectivity index (χ4n) is 1.20. The summed E-state index contributed by atoms with van der Waals surface area (Å²) >= 11 is 0. The van der Waals surface area contributed by atoms with Crippen molar-refractivity contribution in [3.05, 3.63) is 0 Å². The van der Waals surface area contributed by atoms with E-state index in [1.165, 1.54) is 0 Å². The van der Waals surface area contributed by atoms with Crippen LogP contribution in [-0.2, 0) is 53.2 Å². The van der Waals surface area contributed by atoms with E-state index < -0.39 is 95.1 Å². The van der Waals surface area contributed by atoms with E-state index >= 15 is 0 Å². The van der Waals surface area contributed by atoms with Crippen LogP contribution in [0.3, 0.4) is 0 Å². The molecule has 0 N–H and O–H groups in total. The predicted octanol–water partition coefficient (Wildman–Crippen LogP) is -4.46. The van der Waals surface area contributed by atoms with E-state index in [0.29, 0.717) is 0 Å². The highest BCUT2D eigenvalue weighted by molar-refractivity contribution is 7.77. The fraction of sp³-hybridized carbons (Fsp3) is 1.00. The van der Waals surface area contributed by atoms with Crippen molar-refractivity contribution in [3.8, 4) is 0 Å². The summed E-state index contributed by atoms with van der Waals surface area (Å²) in [6.45, 7) is 4.82. The van der Waals surface area contributed by atoms with Gasteiger partial charge in [-0.15, -0.1) is 0 Å². The van der Waals surface area contributed by atoms with Crippen LogP contribution in [-0.4, -0.2) is 95.1 Å². The SMILES string of the molecule is C[Si](C)(C)O[Si](=O)[Si](=O)[Si](=O)[Si](=O)[Si](=O)[Si](=O)[Si](=O)[Si](=O)[Si](=O)[Si](=O)[SiH]=O. The molecule has 0 radical (unpaired) electrons. The third-order valence-corrected chi connectivity index (χ3v) is 76.6. The quantitative estimate of drug-likeness (QED) is 0.203. The molecule has 0 aliphatic heterocycles. The molecule has 0 aliphatic rings. The minimum absolute atomic E-state index is 1.61. The summed E-state index contributed by atoms with van der Waals surface area (Å²) in [5, 5.41) is 0. The van der Waals surface area contributed by atoms with E-state index in [1.807, 2.05) is 0 Å². The van der Waals surface area contributed by atoms with Gasteiger partial charge in [0.1, 0.15) is 0 Å². The normalized spacial score (nSPS) is 10.2. The van der Waals surface area contributed by atoms with Gasteiger partial charge in [-0.1, -0.05) is 0 Å². The van der Waals surface area contributed by atoms with Gasteiger partial charge < -0.3 is 53.2 Å². The monoisotopic (exact) mass is 574 g/mol. The first-order chi connectivity index (χ1) is 12.2. The molecule has 27 heavy (non-hydrogen) atoms. The van der Waals surface area contributed by atoms with Crippen molar-refractivity contribution >= 4 is 95.1 Å². The Morgan fingerprint density at radius 1 is 0.556 bits per heavy atom. The van der Waals surface area contributed by atoms with Crippen LogP contribution in [0.2, 0.25) is 19.6 Å². The Hall–Kier alpha value is 0.203. The average Bonchev–Trinajstić information content (AvgIpc) is 2.60. The lowest BCUT2D eigenvalue weighted by atomic mass is 11.8. The summed E-state index contributed by atoms with van der Waals surface area (Å²) in [6, 6.07) is 0. The minimum Gasteiger partial charge on any atom is -0.578 e. The second-order valence-electron chi connectivity index (χ2n) is 5.62. The molecule has 0 amide bonds. The van der Waals surface area contributed by atoms with Gasteiger partial charge in [-0.2, -0.15) is 0 Å². The molecule has 0 unspecified atom stereocenters. The Balaban J connectivity index is 5.33. The van der Waals surface area contributed by atoms with E-state index in [4.69, 9.17) is 4.12 Å². The molecule has 24 heteroatoms. The minimum atomic E-state index is -3.87. The number of hydrogen-bond donors (Lipinski definition) is 0. The average molecular weight is 575 g/mol.